The van der Waals surface area contributed by atoms with Gasteiger partial charge in [0.25, 0.3) is 5.91 Å². The lowest BCUT2D eigenvalue weighted by atomic mass is 9.92. The predicted octanol–water partition coefficient (Wildman–Crippen LogP) is 1.29. The molecule has 0 unspecified atom stereocenters. The highest BCUT2D eigenvalue weighted by Crippen LogP contribution is 2.36. The zero-order valence-corrected chi connectivity index (χ0v) is 18.3. The third kappa shape index (κ3) is 3.31. The molecular formula is C26H20N4O5. The van der Waals surface area contributed by atoms with Crippen molar-refractivity contribution < 1.29 is 24.9 Å². The molecule has 1 amide bonds. The van der Waals surface area contributed by atoms with Gasteiger partial charge < -0.3 is 25.8 Å². The lowest BCUT2D eigenvalue weighted by Crippen LogP contribution is -2.33. The fourth-order valence-electron chi connectivity index (χ4n) is 4.74. The summed E-state index contributed by atoms with van der Waals surface area (Å²) in [5.41, 5.74) is 6.10. The van der Waals surface area contributed by atoms with Gasteiger partial charge in [0.2, 0.25) is 11.6 Å². The maximum atomic E-state index is 11.7. The van der Waals surface area contributed by atoms with Crippen LogP contribution in [0.15, 0.2) is 54.6 Å². The first kappa shape index (κ1) is 21.5. The van der Waals surface area contributed by atoms with Crippen molar-refractivity contribution in [3.05, 3.63) is 71.8 Å². The molecule has 6 rings (SSSR count). The molecule has 1 aliphatic rings. The fraction of sp³-hybridized carbons (Fsp3) is 0.192. The third-order valence-corrected chi connectivity index (χ3v) is 6.45. The Bertz CT molecular complexity index is 1650. The van der Waals surface area contributed by atoms with Gasteiger partial charge in [-0.15, -0.1) is 5.10 Å². The minimum Gasteiger partial charge on any atom is -0.394 e. The van der Waals surface area contributed by atoms with Crippen molar-refractivity contribution in [3.8, 4) is 11.8 Å². The van der Waals surface area contributed by atoms with E-state index in [0.29, 0.717) is 0 Å². The molecule has 4 aromatic carbocycles. The van der Waals surface area contributed by atoms with E-state index in [-0.39, 0.29) is 11.6 Å². The molecule has 9 heteroatoms. The summed E-state index contributed by atoms with van der Waals surface area (Å²) in [6.07, 6.45) is -4.97. The minimum absolute atomic E-state index is 0.0272. The van der Waals surface area contributed by atoms with Gasteiger partial charge >= 0.3 is 0 Å². The molecule has 9 nitrogen and oxygen atoms in total. The van der Waals surface area contributed by atoms with Crippen LogP contribution < -0.4 is 5.73 Å². The van der Waals surface area contributed by atoms with Crippen molar-refractivity contribution in [2.75, 3.05) is 6.61 Å². The standard InChI is InChI=1S/C26H20N4O5/c27-24(34)25-28-19(30(29-25)26-23(33)22(32)18(12-31)35-26)11-9-13-4-5-16-7-6-14-2-1-3-15-8-10-17(13)21(16)20(14)15/h1-8,10,18,22-23,26,31-33H,12H2,(H2,27,34)/t18-,22-,23-,26-/m1/s1. The van der Waals surface area contributed by atoms with Gasteiger partial charge in [-0.25, -0.2) is 4.68 Å². The number of nitrogens with two attached hydrogens (primary N) is 1. The summed E-state index contributed by atoms with van der Waals surface area (Å²) in [6, 6.07) is 18.4. The molecule has 0 radical (unpaired) electrons. The third-order valence-electron chi connectivity index (χ3n) is 6.45. The summed E-state index contributed by atoms with van der Waals surface area (Å²) in [5, 5.41) is 40.6. The maximum Gasteiger partial charge on any atom is 0.288 e. The number of benzene rings is 4. The van der Waals surface area contributed by atoms with Gasteiger partial charge in [-0.05, 0) is 44.3 Å². The van der Waals surface area contributed by atoms with Crippen molar-refractivity contribution >= 4 is 38.2 Å². The molecule has 0 aliphatic carbocycles. The Labute approximate surface area is 198 Å². The van der Waals surface area contributed by atoms with E-state index in [1.807, 2.05) is 24.3 Å². The average Bonchev–Trinajstić information content (AvgIpc) is 3.42. The smallest absolute Gasteiger partial charge is 0.288 e. The van der Waals surface area contributed by atoms with Crippen LogP contribution in [0.2, 0.25) is 0 Å². The van der Waals surface area contributed by atoms with Gasteiger partial charge in [0.15, 0.2) is 6.23 Å². The van der Waals surface area contributed by atoms with Gasteiger partial charge in [0.1, 0.15) is 18.3 Å². The number of nitrogens with zero attached hydrogens (tertiary/aromatic N) is 3. The Balaban J connectivity index is 1.49. The van der Waals surface area contributed by atoms with Crippen LogP contribution in [0.1, 0.15) is 28.2 Å². The molecule has 4 atom stereocenters. The van der Waals surface area contributed by atoms with Crippen LogP contribution in [-0.2, 0) is 4.74 Å². The highest BCUT2D eigenvalue weighted by molar-refractivity contribution is 6.23. The molecule has 1 fully saturated rings. The summed E-state index contributed by atoms with van der Waals surface area (Å²) in [4.78, 5) is 15.8. The van der Waals surface area contributed by atoms with Crippen LogP contribution in [0, 0.1) is 11.8 Å². The molecule has 5 aromatic rings. The van der Waals surface area contributed by atoms with Crippen LogP contribution >= 0.6 is 0 Å². The number of hydrogen-bond donors (Lipinski definition) is 4. The maximum absolute atomic E-state index is 11.7. The Morgan fingerprint density at radius 1 is 0.971 bits per heavy atom. The molecule has 174 valence electrons. The molecule has 1 aromatic heterocycles. The lowest BCUT2D eigenvalue weighted by Gasteiger charge is -2.15. The summed E-state index contributed by atoms with van der Waals surface area (Å²) < 4.78 is 6.66. The van der Waals surface area contributed by atoms with Crippen LogP contribution in [0.4, 0.5) is 0 Å². The number of aromatic nitrogens is 3. The summed E-state index contributed by atoms with van der Waals surface area (Å²) in [7, 11) is 0. The van der Waals surface area contributed by atoms with Gasteiger partial charge in [0, 0.05) is 5.56 Å². The van der Waals surface area contributed by atoms with Gasteiger partial charge in [-0.3, -0.25) is 4.79 Å². The minimum atomic E-state index is -1.41. The van der Waals surface area contributed by atoms with Crippen molar-refractivity contribution in [2.45, 2.75) is 24.5 Å². The Hall–Kier alpha value is -4.07. The zero-order valence-electron chi connectivity index (χ0n) is 18.3. The van der Waals surface area contributed by atoms with Crippen molar-refractivity contribution in [2.24, 2.45) is 5.73 Å². The molecule has 0 saturated carbocycles. The molecule has 5 N–H and O–H groups in total. The highest BCUT2D eigenvalue weighted by atomic mass is 16.6. The zero-order chi connectivity index (χ0) is 24.3. The van der Waals surface area contributed by atoms with Crippen LogP contribution in [0.25, 0.3) is 32.3 Å². The van der Waals surface area contributed by atoms with E-state index in [9.17, 15) is 20.1 Å². The number of hydrogen-bond acceptors (Lipinski definition) is 7. The second-order valence-corrected chi connectivity index (χ2v) is 8.52. The Morgan fingerprint density at radius 2 is 1.66 bits per heavy atom. The van der Waals surface area contributed by atoms with Crippen LogP contribution in [0.3, 0.4) is 0 Å². The van der Waals surface area contributed by atoms with E-state index < -0.39 is 37.1 Å². The summed E-state index contributed by atoms with van der Waals surface area (Å²) >= 11 is 0. The van der Waals surface area contributed by atoms with Crippen molar-refractivity contribution in [1.29, 1.82) is 0 Å². The molecule has 2 heterocycles. The summed E-state index contributed by atoms with van der Waals surface area (Å²) in [5.74, 6) is 4.88. The molecule has 0 bridgehead atoms. The van der Waals surface area contributed by atoms with E-state index in [1.54, 1.807) is 0 Å². The average molecular weight is 468 g/mol. The largest absolute Gasteiger partial charge is 0.394 e. The normalized spacial score (nSPS) is 22.1. The monoisotopic (exact) mass is 468 g/mol. The Morgan fingerprint density at radius 3 is 2.34 bits per heavy atom. The van der Waals surface area contributed by atoms with E-state index in [1.165, 1.54) is 0 Å². The second kappa shape index (κ2) is 8.01. The van der Waals surface area contributed by atoms with Gasteiger partial charge in [0.05, 0.1) is 6.61 Å². The van der Waals surface area contributed by atoms with E-state index in [2.05, 4.69) is 52.3 Å². The number of primary amides is 1. The van der Waals surface area contributed by atoms with Crippen LogP contribution in [-0.4, -0.2) is 60.9 Å². The first-order valence-corrected chi connectivity index (χ1v) is 11.0. The number of amides is 1. The number of aliphatic hydroxyl groups excluding tert-OH is 3. The van der Waals surface area contributed by atoms with Crippen LogP contribution in [0.5, 0.6) is 0 Å². The van der Waals surface area contributed by atoms with Crippen molar-refractivity contribution in [1.82, 2.24) is 14.8 Å². The fourth-order valence-corrected chi connectivity index (χ4v) is 4.74. The first-order valence-electron chi connectivity index (χ1n) is 11.0. The predicted molar refractivity (Wildman–Crippen MR) is 128 cm³/mol. The molecule has 1 aliphatic heterocycles. The number of aliphatic hydroxyl groups is 3. The summed E-state index contributed by atoms with van der Waals surface area (Å²) in [6.45, 7) is -0.504. The lowest BCUT2D eigenvalue weighted by molar-refractivity contribution is -0.0592. The number of carbonyl (C=O) groups excluding carboxylic acids is 1. The number of carbonyl (C=O) groups is 1. The van der Waals surface area contributed by atoms with E-state index >= 15 is 0 Å². The SMILES string of the molecule is NC(=O)c1nc(C#Cc2ccc3ccc4cccc5ccc2c3c45)n([C@@H]2O[C@H](CO)[C@@H](O)[C@H]2O)n1. The molecule has 0 spiro atoms. The van der Waals surface area contributed by atoms with Gasteiger partial charge in [-0.1, -0.05) is 54.5 Å². The van der Waals surface area contributed by atoms with E-state index in [0.717, 1.165) is 42.6 Å². The van der Waals surface area contributed by atoms with Gasteiger partial charge in [-0.2, -0.15) is 4.98 Å². The quantitative estimate of drug-likeness (QED) is 0.231. The Kier molecular flexibility index (Phi) is 4.91. The first-order chi connectivity index (χ1) is 17.0. The molecule has 1 saturated heterocycles. The molecule has 35 heavy (non-hydrogen) atoms. The number of ether oxygens (including phenoxy) is 1. The second-order valence-electron chi connectivity index (χ2n) is 8.52. The van der Waals surface area contributed by atoms with Crippen molar-refractivity contribution in [3.63, 3.8) is 0 Å². The highest BCUT2D eigenvalue weighted by Gasteiger charge is 2.45. The topological polar surface area (TPSA) is 144 Å². The van der Waals surface area contributed by atoms with E-state index in [4.69, 9.17) is 10.5 Å². The molecular weight excluding hydrogens is 448 g/mol. The number of rotatable bonds is 3.